The SMILES string of the molecule is CN=C(NCC1CCN(C)C1)NCC(C)Oc1ccccc1F.I. The van der Waals surface area contributed by atoms with Gasteiger partial charge in [-0.05, 0) is 45.0 Å². The van der Waals surface area contributed by atoms with Crippen molar-refractivity contribution in [3.63, 3.8) is 0 Å². The van der Waals surface area contributed by atoms with Gasteiger partial charge in [0, 0.05) is 20.1 Å². The normalized spacial score (nSPS) is 19.5. The molecule has 2 atom stereocenters. The van der Waals surface area contributed by atoms with E-state index < -0.39 is 0 Å². The first-order valence-corrected chi connectivity index (χ1v) is 8.12. The Kier molecular flexibility index (Phi) is 9.35. The average Bonchev–Trinajstić information content (AvgIpc) is 2.95. The van der Waals surface area contributed by atoms with E-state index in [0.29, 0.717) is 12.5 Å². The summed E-state index contributed by atoms with van der Waals surface area (Å²) in [6.45, 7) is 5.65. The quantitative estimate of drug-likeness (QED) is 0.397. The Morgan fingerprint density at radius 2 is 2.17 bits per heavy atom. The predicted octanol–water partition coefficient (Wildman–Crippen LogP) is 2.33. The highest BCUT2D eigenvalue weighted by Crippen LogP contribution is 2.16. The largest absolute Gasteiger partial charge is 0.486 e. The van der Waals surface area contributed by atoms with E-state index in [1.807, 2.05) is 6.92 Å². The first kappa shape index (κ1) is 21.0. The molecule has 2 rings (SSSR count). The molecule has 0 bridgehead atoms. The maximum absolute atomic E-state index is 13.6. The third kappa shape index (κ3) is 6.80. The summed E-state index contributed by atoms with van der Waals surface area (Å²) in [6, 6.07) is 6.44. The summed E-state index contributed by atoms with van der Waals surface area (Å²) in [4.78, 5) is 6.56. The predicted molar refractivity (Wildman–Crippen MR) is 107 cm³/mol. The van der Waals surface area contributed by atoms with Crippen LogP contribution in [0.5, 0.6) is 5.75 Å². The molecule has 7 heteroatoms. The van der Waals surface area contributed by atoms with Gasteiger partial charge >= 0.3 is 0 Å². The number of hydrogen-bond acceptors (Lipinski definition) is 3. The standard InChI is InChI=1S/C17H27FN4O.HI/c1-13(23-16-7-5-4-6-15(16)18)10-20-17(19-2)21-11-14-8-9-22(3)12-14;/h4-7,13-14H,8-12H2,1-3H3,(H2,19,20,21);1H. The third-order valence-corrected chi connectivity index (χ3v) is 3.99. The molecule has 0 aliphatic carbocycles. The fraction of sp³-hybridized carbons (Fsp3) is 0.588. The molecule has 1 aliphatic rings. The molecule has 0 amide bonds. The molecular formula is C17H28FIN4O. The van der Waals surface area contributed by atoms with E-state index in [-0.39, 0.29) is 41.6 Å². The Balaban J connectivity index is 0.00000288. The zero-order valence-corrected chi connectivity index (χ0v) is 16.9. The second-order valence-corrected chi connectivity index (χ2v) is 6.11. The van der Waals surface area contributed by atoms with Crippen LogP contribution in [0.2, 0.25) is 0 Å². The minimum atomic E-state index is -0.341. The van der Waals surface area contributed by atoms with Gasteiger partial charge in [0.25, 0.3) is 0 Å². The maximum Gasteiger partial charge on any atom is 0.191 e. The summed E-state index contributed by atoms with van der Waals surface area (Å²) in [6.07, 6.45) is 1.05. The van der Waals surface area contributed by atoms with Crippen molar-refractivity contribution < 1.29 is 9.13 Å². The summed E-state index contributed by atoms with van der Waals surface area (Å²) < 4.78 is 19.2. The van der Waals surface area contributed by atoms with Gasteiger partial charge in [-0.2, -0.15) is 0 Å². The lowest BCUT2D eigenvalue weighted by Crippen LogP contribution is -2.43. The first-order valence-electron chi connectivity index (χ1n) is 8.12. The number of nitrogens with one attached hydrogen (secondary N) is 2. The minimum Gasteiger partial charge on any atom is -0.486 e. The number of para-hydroxylation sites is 1. The topological polar surface area (TPSA) is 48.9 Å². The number of aliphatic imine (C=N–C) groups is 1. The van der Waals surface area contributed by atoms with Gasteiger partial charge in [0.2, 0.25) is 0 Å². The molecule has 1 saturated heterocycles. The summed E-state index contributed by atoms with van der Waals surface area (Å²) in [5, 5.41) is 6.57. The van der Waals surface area contributed by atoms with Crippen LogP contribution < -0.4 is 15.4 Å². The van der Waals surface area contributed by atoms with Gasteiger partial charge in [-0.25, -0.2) is 4.39 Å². The van der Waals surface area contributed by atoms with E-state index in [9.17, 15) is 4.39 Å². The molecule has 0 spiro atoms. The molecule has 136 valence electrons. The van der Waals surface area contributed by atoms with Crippen molar-refractivity contribution >= 4 is 29.9 Å². The zero-order valence-electron chi connectivity index (χ0n) is 14.6. The molecule has 0 aromatic heterocycles. The highest BCUT2D eigenvalue weighted by atomic mass is 127. The minimum absolute atomic E-state index is 0. The van der Waals surface area contributed by atoms with Gasteiger partial charge in [-0.1, -0.05) is 12.1 Å². The number of rotatable bonds is 6. The highest BCUT2D eigenvalue weighted by Gasteiger charge is 2.19. The second-order valence-electron chi connectivity index (χ2n) is 6.11. The van der Waals surface area contributed by atoms with Gasteiger partial charge in [0.1, 0.15) is 6.10 Å². The summed E-state index contributed by atoms with van der Waals surface area (Å²) >= 11 is 0. The number of likely N-dealkylation sites (tertiary alicyclic amines) is 1. The van der Waals surface area contributed by atoms with Crippen molar-refractivity contribution in [2.75, 3.05) is 40.3 Å². The Morgan fingerprint density at radius 3 is 2.79 bits per heavy atom. The van der Waals surface area contributed by atoms with Crippen molar-refractivity contribution in [2.24, 2.45) is 10.9 Å². The molecule has 1 heterocycles. The van der Waals surface area contributed by atoms with Crippen molar-refractivity contribution in [1.29, 1.82) is 0 Å². The zero-order chi connectivity index (χ0) is 16.7. The monoisotopic (exact) mass is 450 g/mol. The fourth-order valence-electron chi connectivity index (χ4n) is 2.69. The Morgan fingerprint density at radius 1 is 1.42 bits per heavy atom. The van der Waals surface area contributed by atoms with Crippen LogP contribution in [-0.4, -0.2) is 57.2 Å². The molecule has 0 radical (unpaired) electrons. The summed E-state index contributed by atoms with van der Waals surface area (Å²) in [7, 11) is 3.90. The number of ether oxygens (including phenoxy) is 1. The van der Waals surface area contributed by atoms with E-state index in [1.165, 1.54) is 12.5 Å². The smallest absolute Gasteiger partial charge is 0.191 e. The van der Waals surface area contributed by atoms with E-state index in [0.717, 1.165) is 25.6 Å². The molecule has 2 unspecified atom stereocenters. The molecule has 1 aromatic rings. The van der Waals surface area contributed by atoms with Crippen LogP contribution in [0, 0.1) is 11.7 Å². The molecule has 1 fully saturated rings. The molecule has 0 saturated carbocycles. The van der Waals surface area contributed by atoms with Crippen molar-refractivity contribution in [3.8, 4) is 5.75 Å². The van der Waals surface area contributed by atoms with E-state index in [1.54, 1.807) is 25.2 Å². The molecule has 5 nitrogen and oxygen atoms in total. The molecule has 1 aromatic carbocycles. The van der Waals surface area contributed by atoms with Crippen LogP contribution in [0.3, 0.4) is 0 Å². The van der Waals surface area contributed by atoms with Crippen molar-refractivity contribution in [2.45, 2.75) is 19.4 Å². The number of nitrogens with zero attached hydrogens (tertiary/aromatic N) is 2. The van der Waals surface area contributed by atoms with Crippen LogP contribution in [0.25, 0.3) is 0 Å². The Labute approximate surface area is 161 Å². The second kappa shape index (κ2) is 10.7. The summed E-state index contributed by atoms with van der Waals surface area (Å²) in [5.74, 6) is 1.35. The van der Waals surface area contributed by atoms with Gasteiger partial charge in [-0.15, -0.1) is 24.0 Å². The number of hydrogen-bond donors (Lipinski definition) is 2. The van der Waals surface area contributed by atoms with Crippen molar-refractivity contribution in [1.82, 2.24) is 15.5 Å². The fourth-order valence-corrected chi connectivity index (χ4v) is 2.69. The van der Waals surface area contributed by atoms with Crippen LogP contribution >= 0.6 is 24.0 Å². The summed E-state index contributed by atoms with van der Waals surface area (Å²) in [5.41, 5.74) is 0. The lowest BCUT2D eigenvalue weighted by atomic mass is 10.1. The van der Waals surface area contributed by atoms with Gasteiger partial charge in [0.05, 0.1) is 6.54 Å². The van der Waals surface area contributed by atoms with Crippen molar-refractivity contribution in [3.05, 3.63) is 30.1 Å². The lowest BCUT2D eigenvalue weighted by molar-refractivity contribution is 0.214. The Hall–Kier alpha value is -1.09. The van der Waals surface area contributed by atoms with E-state index in [4.69, 9.17) is 4.74 Å². The van der Waals surface area contributed by atoms with Crippen LogP contribution in [-0.2, 0) is 0 Å². The molecule has 1 aliphatic heterocycles. The number of halogens is 2. The third-order valence-electron chi connectivity index (χ3n) is 3.99. The van der Waals surface area contributed by atoms with Gasteiger partial charge in [0.15, 0.2) is 17.5 Å². The molecular weight excluding hydrogens is 422 g/mol. The Bertz CT molecular complexity index is 529. The average molecular weight is 450 g/mol. The first-order chi connectivity index (χ1) is 11.1. The highest BCUT2D eigenvalue weighted by molar-refractivity contribution is 14.0. The van der Waals surface area contributed by atoms with Crippen LogP contribution in [0.4, 0.5) is 4.39 Å². The van der Waals surface area contributed by atoms with Crippen LogP contribution in [0.15, 0.2) is 29.3 Å². The number of benzene rings is 1. The number of guanidine groups is 1. The van der Waals surface area contributed by atoms with Gasteiger partial charge < -0.3 is 20.3 Å². The maximum atomic E-state index is 13.6. The molecule has 24 heavy (non-hydrogen) atoms. The van der Waals surface area contributed by atoms with E-state index in [2.05, 4.69) is 27.6 Å². The van der Waals surface area contributed by atoms with E-state index >= 15 is 0 Å². The lowest BCUT2D eigenvalue weighted by Gasteiger charge is -2.19. The van der Waals surface area contributed by atoms with Gasteiger partial charge in [-0.3, -0.25) is 4.99 Å². The molecule has 2 N–H and O–H groups in total. The van der Waals surface area contributed by atoms with Crippen LogP contribution in [0.1, 0.15) is 13.3 Å².